The molecule has 4 heteroatoms. The lowest BCUT2D eigenvalue weighted by molar-refractivity contribution is -0.139. The Morgan fingerprint density at radius 3 is 2.40 bits per heavy atom. The van der Waals surface area contributed by atoms with Crippen molar-refractivity contribution in [2.75, 3.05) is 13.1 Å². The molecule has 0 bridgehead atoms. The molecule has 2 N–H and O–H groups in total. The SMILES string of the molecule is CCNC(=O)C(=O)[C@H](CC1CC1)NCC. The van der Waals surface area contributed by atoms with E-state index in [2.05, 4.69) is 10.6 Å². The summed E-state index contributed by atoms with van der Waals surface area (Å²) in [5.41, 5.74) is 0. The number of carbonyl (C=O) groups is 2. The van der Waals surface area contributed by atoms with Crippen LogP contribution in [0.25, 0.3) is 0 Å². The number of ketones is 1. The van der Waals surface area contributed by atoms with Gasteiger partial charge in [0.25, 0.3) is 5.91 Å². The second kappa shape index (κ2) is 5.85. The molecule has 0 radical (unpaired) electrons. The highest BCUT2D eigenvalue weighted by Crippen LogP contribution is 2.33. The van der Waals surface area contributed by atoms with Gasteiger partial charge in [0.1, 0.15) is 0 Å². The van der Waals surface area contributed by atoms with E-state index < -0.39 is 5.91 Å². The largest absolute Gasteiger partial charge is 0.350 e. The van der Waals surface area contributed by atoms with Crippen LogP contribution in [0.1, 0.15) is 33.1 Å². The molecule has 1 aliphatic rings. The van der Waals surface area contributed by atoms with Crippen LogP contribution in [0.15, 0.2) is 0 Å². The summed E-state index contributed by atoms with van der Waals surface area (Å²) in [7, 11) is 0. The standard InChI is InChI=1S/C11H20N2O2/c1-3-12-9(7-8-5-6-8)10(14)11(15)13-4-2/h8-9,12H,3-7H2,1-2H3,(H,13,15)/t9-/m0/s1. The number of hydrogen-bond donors (Lipinski definition) is 2. The lowest BCUT2D eigenvalue weighted by atomic mass is 10.1. The highest BCUT2D eigenvalue weighted by atomic mass is 16.2. The normalized spacial score (nSPS) is 17.2. The molecule has 0 heterocycles. The maximum Gasteiger partial charge on any atom is 0.289 e. The van der Waals surface area contributed by atoms with Gasteiger partial charge < -0.3 is 10.6 Å². The van der Waals surface area contributed by atoms with Crippen molar-refractivity contribution in [1.82, 2.24) is 10.6 Å². The van der Waals surface area contributed by atoms with Crippen molar-refractivity contribution in [3.8, 4) is 0 Å². The van der Waals surface area contributed by atoms with E-state index in [1.165, 1.54) is 12.8 Å². The summed E-state index contributed by atoms with van der Waals surface area (Å²) in [5, 5.41) is 5.63. The minimum Gasteiger partial charge on any atom is -0.350 e. The van der Waals surface area contributed by atoms with E-state index in [1.807, 2.05) is 13.8 Å². The lowest BCUT2D eigenvalue weighted by Crippen LogP contribution is -2.45. The fourth-order valence-corrected chi connectivity index (χ4v) is 1.62. The van der Waals surface area contributed by atoms with Crippen LogP contribution in [0.5, 0.6) is 0 Å². The zero-order valence-electron chi connectivity index (χ0n) is 9.51. The third-order valence-corrected chi connectivity index (χ3v) is 2.59. The zero-order chi connectivity index (χ0) is 11.3. The van der Waals surface area contributed by atoms with Gasteiger partial charge in [-0.15, -0.1) is 0 Å². The molecule has 0 unspecified atom stereocenters. The van der Waals surface area contributed by atoms with Gasteiger partial charge in [0, 0.05) is 6.54 Å². The Morgan fingerprint density at radius 1 is 1.27 bits per heavy atom. The molecule has 0 spiro atoms. The van der Waals surface area contributed by atoms with Crippen LogP contribution in [0.3, 0.4) is 0 Å². The molecule has 1 rings (SSSR count). The van der Waals surface area contributed by atoms with E-state index in [0.29, 0.717) is 12.5 Å². The average molecular weight is 212 g/mol. The van der Waals surface area contributed by atoms with E-state index in [1.54, 1.807) is 0 Å². The first-order valence-corrected chi connectivity index (χ1v) is 5.74. The van der Waals surface area contributed by atoms with Crippen molar-refractivity contribution in [2.24, 2.45) is 5.92 Å². The van der Waals surface area contributed by atoms with Gasteiger partial charge in [-0.3, -0.25) is 9.59 Å². The molecule has 86 valence electrons. The molecule has 0 aromatic heterocycles. The van der Waals surface area contributed by atoms with E-state index in [9.17, 15) is 9.59 Å². The van der Waals surface area contributed by atoms with Crippen molar-refractivity contribution in [3.63, 3.8) is 0 Å². The summed E-state index contributed by atoms with van der Waals surface area (Å²) in [6.07, 6.45) is 3.21. The predicted octanol–water partition coefficient (Wildman–Crippen LogP) is 0.470. The van der Waals surface area contributed by atoms with Gasteiger partial charge >= 0.3 is 0 Å². The number of nitrogens with one attached hydrogen (secondary N) is 2. The van der Waals surface area contributed by atoms with Crippen LogP contribution < -0.4 is 10.6 Å². The van der Waals surface area contributed by atoms with E-state index in [4.69, 9.17) is 0 Å². The molecule has 1 aliphatic carbocycles. The van der Waals surface area contributed by atoms with Crippen LogP contribution in [-0.2, 0) is 9.59 Å². The molecule has 0 saturated heterocycles. The first kappa shape index (κ1) is 12.2. The maximum atomic E-state index is 11.7. The van der Waals surface area contributed by atoms with Crippen LogP contribution in [0.4, 0.5) is 0 Å². The number of rotatable bonds is 7. The van der Waals surface area contributed by atoms with Gasteiger partial charge in [-0.05, 0) is 25.8 Å². The maximum absolute atomic E-state index is 11.7. The Hall–Kier alpha value is -0.900. The first-order valence-electron chi connectivity index (χ1n) is 5.74. The quantitative estimate of drug-likeness (QED) is 0.603. The fourth-order valence-electron chi connectivity index (χ4n) is 1.62. The number of hydrogen-bond acceptors (Lipinski definition) is 3. The summed E-state index contributed by atoms with van der Waals surface area (Å²) >= 11 is 0. The van der Waals surface area contributed by atoms with E-state index >= 15 is 0 Å². The van der Waals surface area contributed by atoms with Gasteiger partial charge in [-0.1, -0.05) is 19.8 Å². The van der Waals surface area contributed by atoms with Crippen molar-refractivity contribution >= 4 is 11.7 Å². The molecule has 4 nitrogen and oxygen atoms in total. The molecule has 0 aliphatic heterocycles. The Balaban J connectivity index is 2.44. The summed E-state index contributed by atoms with van der Waals surface area (Å²) < 4.78 is 0. The molecule has 1 atom stereocenters. The van der Waals surface area contributed by atoms with Gasteiger partial charge in [0.05, 0.1) is 6.04 Å². The third kappa shape index (κ3) is 4.00. The lowest BCUT2D eigenvalue weighted by Gasteiger charge is -2.15. The second-order valence-electron chi connectivity index (χ2n) is 4.01. The summed E-state index contributed by atoms with van der Waals surface area (Å²) in [6.45, 7) is 4.99. The van der Waals surface area contributed by atoms with Gasteiger partial charge in [0.2, 0.25) is 5.78 Å². The van der Waals surface area contributed by atoms with Crippen LogP contribution in [0.2, 0.25) is 0 Å². The van der Waals surface area contributed by atoms with Crippen LogP contribution in [0, 0.1) is 5.92 Å². The minimum atomic E-state index is -0.455. The molecule has 15 heavy (non-hydrogen) atoms. The topological polar surface area (TPSA) is 58.2 Å². The Bertz CT molecular complexity index is 237. The molecule has 0 aromatic rings. The highest BCUT2D eigenvalue weighted by Gasteiger charge is 2.31. The Labute approximate surface area is 90.8 Å². The Kier molecular flexibility index (Phi) is 4.75. The summed E-state index contributed by atoms with van der Waals surface area (Å²) in [5.74, 6) is -0.123. The molecule has 1 amide bonds. The van der Waals surface area contributed by atoms with E-state index in [-0.39, 0.29) is 11.8 Å². The molecular weight excluding hydrogens is 192 g/mol. The Morgan fingerprint density at radius 2 is 1.93 bits per heavy atom. The second-order valence-corrected chi connectivity index (χ2v) is 4.01. The number of amides is 1. The first-order chi connectivity index (χ1) is 7.19. The zero-order valence-corrected chi connectivity index (χ0v) is 9.51. The summed E-state index contributed by atoms with van der Waals surface area (Å²) in [4.78, 5) is 23.1. The summed E-state index contributed by atoms with van der Waals surface area (Å²) in [6, 6.07) is -0.283. The molecule has 1 saturated carbocycles. The van der Waals surface area contributed by atoms with Gasteiger partial charge in [-0.25, -0.2) is 0 Å². The average Bonchev–Trinajstić information content (AvgIpc) is 3.00. The molecule has 1 fully saturated rings. The van der Waals surface area contributed by atoms with Crippen LogP contribution in [-0.4, -0.2) is 30.8 Å². The van der Waals surface area contributed by atoms with Crippen molar-refractivity contribution in [1.29, 1.82) is 0 Å². The molecular formula is C11H20N2O2. The predicted molar refractivity (Wildman–Crippen MR) is 58.5 cm³/mol. The van der Waals surface area contributed by atoms with Crippen molar-refractivity contribution in [2.45, 2.75) is 39.2 Å². The monoisotopic (exact) mass is 212 g/mol. The number of Topliss-reactive ketones (excluding diaryl/α,β-unsaturated/α-hetero) is 1. The molecule has 0 aromatic carbocycles. The third-order valence-electron chi connectivity index (χ3n) is 2.59. The van der Waals surface area contributed by atoms with Gasteiger partial charge in [0.15, 0.2) is 0 Å². The smallest absolute Gasteiger partial charge is 0.289 e. The van der Waals surface area contributed by atoms with Crippen molar-refractivity contribution < 1.29 is 9.59 Å². The number of likely N-dealkylation sites (N-methyl/N-ethyl adjacent to an activating group) is 2. The van der Waals surface area contributed by atoms with Crippen LogP contribution >= 0.6 is 0 Å². The van der Waals surface area contributed by atoms with Crippen molar-refractivity contribution in [3.05, 3.63) is 0 Å². The van der Waals surface area contributed by atoms with Gasteiger partial charge in [-0.2, -0.15) is 0 Å². The van der Waals surface area contributed by atoms with E-state index in [0.717, 1.165) is 13.0 Å². The highest BCUT2D eigenvalue weighted by molar-refractivity contribution is 6.38. The fraction of sp³-hybridized carbons (Fsp3) is 0.818. The minimum absolute atomic E-state index is 0.283. The number of carbonyl (C=O) groups excluding carboxylic acids is 2.